The quantitative estimate of drug-likeness (QED) is 0.793. The molecule has 1 aromatic heterocycles. The van der Waals surface area contributed by atoms with Gasteiger partial charge in [-0.15, -0.1) is 11.3 Å². The topological polar surface area (TPSA) is 48.1 Å². The van der Waals surface area contributed by atoms with Gasteiger partial charge in [-0.2, -0.15) is 0 Å². The lowest BCUT2D eigenvalue weighted by molar-refractivity contribution is 0.420. The zero-order chi connectivity index (χ0) is 13.2. The van der Waals surface area contributed by atoms with Crippen molar-refractivity contribution in [3.05, 3.63) is 46.8 Å². The maximum absolute atomic E-state index is 5.63. The van der Waals surface area contributed by atoms with Crippen LogP contribution in [0.5, 0.6) is 5.75 Å². The van der Waals surface area contributed by atoms with Gasteiger partial charge in [0.1, 0.15) is 10.8 Å². The summed E-state index contributed by atoms with van der Waals surface area (Å²) in [5, 5.41) is 5.26. The molecule has 2 aromatic carbocycles. The summed E-state index contributed by atoms with van der Waals surface area (Å²) < 4.78 is 5.41. The summed E-state index contributed by atoms with van der Waals surface area (Å²) in [6.07, 6.45) is 0. The van der Waals surface area contributed by atoms with Crippen LogP contribution in [0, 0.1) is 0 Å². The van der Waals surface area contributed by atoms with E-state index in [1.807, 2.05) is 18.2 Å². The van der Waals surface area contributed by atoms with Gasteiger partial charge in [0.2, 0.25) is 0 Å². The number of nitrogens with zero attached hydrogens (tertiary/aromatic N) is 1. The van der Waals surface area contributed by atoms with Crippen LogP contribution < -0.4 is 10.5 Å². The Hall–Kier alpha value is -1.91. The predicted octanol–water partition coefficient (Wildman–Crippen LogP) is 3.43. The SMILES string of the molecule is COc1ccc(-c2csc(CN)n2)c2ccccc12. The molecule has 2 N–H and O–H groups in total. The molecule has 0 aliphatic rings. The van der Waals surface area contributed by atoms with Crippen LogP contribution in [0.25, 0.3) is 22.0 Å². The fourth-order valence-corrected chi connectivity index (χ4v) is 2.88. The normalized spacial score (nSPS) is 10.8. The number of rotatable bonds is 3. The number of thiazole rings is 1. The van der Waals surface area contributed by atoms with Gasteiger partial charge >= 0.3 is 0 Å². The summed E-state index contributed by atoms with van der Waals surface area (Å²) in [4.78, 5) is 4.56. The van der Waals surface area contributed by atoms with E-state index in [0.717, 1.165) is 32.8 Å². The van der Waals surface area contributed by atoms with Crippen molar-refractivity contribution < 1.29 is 4.74 Å². The molecule has 0 atom stereocenters. The number of hydrogen-bond donors (Lipinski definition) is 1. The zero-order valence-electron chi connectivity index (χ0n) is 10.6. The maximum Gasteiger partial charge on any atom is 0.126 e. The van der Waals surface area contributed by atoms with Crippen LogP contribution in [0.1, 0.15) is 5.01 Å². The summed E-state index contributed by atoms with van der Waals surface area (Å²) in [7, 11) is 1.69. The monoisotopic (exact) mass is 270 g/mol. The number of hydrogen-bond acceptors (Lipinski definition) is 4. The first kappa shape index (κ1) is 12.1. The highest BCUT2D eigenvalue weighted by Crippen LogP contribution is 2.34. The Labute approximate surface area is 115 Å². The predicted molar refractivity (Wildman–Crippen MR) is 79.5 cm³/mol. The highest BCUT2D eigenvalue weighted by atomic mass is 32.1. The van der Waals surface area contributed by atoms with E-state index < -0.39 is 0 Å². The maximum atomic E-state index is 5.63. The molecule has 0 saturated heterocycles. The standard InChI is InChI=1S/C15H14N2OS/c1-18-14-7-6-11(10-4-2-3-5-12(10)14)13-9-19-15(8-16)17-13/h2-7,9H,8,16H2,1H3. The molecule has 0 radical (unpaired) electrons. The Morgan fingerprint density at radius 3 is 2.63 bits per heavy atom. The Morgan fingerprint density at radius 2 is 1.95 bits per heavy atom. The molecule has 3 aromatic rings. The third kappa shape index (κ3) is 2.09. The zero-order valence-corrected chi connectivity index (χ0v) is 11.4. The molecule has 0 aliphatic heterocycles. The van der Waals surface area contributed by atoms with E-state index in [9.17, 15) is 0 Å². The summed E-state index contributed by atoms with van der Waals surface area (Å²) in [6, 6.07) is 12.2. The molecule has 0 fully saturated rings. The lowest BCUT2D eigenvalue weighted by Crippen LogP contribution is -1.94. The molecule has 0 amide bonds. The van der Waals surface area contributed by atoms with Gasteiger partial charge in [0.05, 0.1) is 12.8 Å². The van der Waals surface area contributed by atoms with Crippen LogP contribution in [0.2, 0.25) is 0 Å². The molecular weight excluding hydrogens is 256 g/mol. The Balaban J connectivity index is 2.24. The first-order valence-electron chi connectivity index (χ1n) is 6.04. The molecule has 0 aliphatic carbocycles. The average Bonchev–Trinajstić information content (AvgIpc) is 2.95. The van der Waals surface area contributed by atoms with Gasteiger partial charge in [0, 0.05) is 22.9 Å². The van der Waals surface area contributed by atoms with Crippen molar-refractivity contribution in [1.82, 2.24) is 4.98 Å². The molecule has 1 heterocycles. The number of nitrogens with two attached hydrogens (primary N) is 1. The fraction of sp³-hybridized carbons (Fsp3) is 0.133. The van der Waals surface area contributed by atoms with E-state index in [2.05, 4.69) is 28.6 Å². The summed E-state index contributed by atoms with van der Waals surface area (Å²) in [5.41, 5.74) is 7.72. The third-order valence-corrected chi connectivity index (χ3v) is 3.98. The second kappa shape index (κ2) is 4.99. The number of aromatic nitrogens is 1. The van der Waals surface area contributed by atoms with Crippen molar-refractivity contribution in [1.29, 1.82) is 0 Å². The van der Waals surface area contributed by atoms with Crippen LogP contribution in [-0.2, 0) is 6.54 Å². The van der Waals surface area contributed by atoms with Crippen molar-refractivity contribution in [2.75, 3.05) is 7.11 Å². The molecule has 96 valence electrons. The van der Waals surface area contributed by atoms with Crippen LogP contribution in [0.3, 0.4) is 0 Å². The van der Waals surface area contributed by atoms with Gasteiger partial charge in [-0.1, -0.05) is 24.3 Å². The van der Waals surface area contributed by atoms with Crippen LogP contribution in [0.4, 0.5) is 0 Å². The lowest BCUT2D eigenvalue weighted by atomic mass is 10.0. The number of ether oxygens (including phenoxy) is 1. The molecule has 0 bridgehead atoms. The molecule has 3 nitrogen and oxygen atoms in total. The number of fused-ring (bicyclic) bond motifs is 1. The van der Waals surface area contributed by atoms with Gasteiger partial charge < -0.3 is 10.5 Å². The molecule has 3 rings (SSSR count). The van der Waals surface area contributed by atoms with Crippen molar-refractivity contribution in [3.8, 4) is 17.0 Å². The van der Waals surface area contributed by atoms with E-state index in [1.54, 1.807) is 18.4 Å². The van der Waals surface area contributed by atoms with E-state index >= 15 is 0 Å². The van der Waals surface area contributed by atoms with Crippen molar-refractivity contribution >= 4 is 22.1 Å². The molecule has 19 heavy (non-hydrogen) atoms. The van der Waals surface area contributed by atoms with E-state index in [1.165, 1.54) is 0 Å². The van der Waals surface area contributed by atoms with E-state index in [0.29, 0.717) is 6.54 Å². The Morgan fingerprint density at radius 1 is 1.16 bits per heavy atom. The smallest absolute Gasteiger partial charge is 0.126 e. The van der Waals surface area contributed by atoms with Crippen LogP contribution in [-0.4, -0.2) is 12.1 Å². The van der Waals surface area contributed by atoms with Gasteiger partial charge in [0.15, 0.2) is 0 Å². The first-order chi connectivity index (χ1) is 9.33. The number of benzene rings is 2. The molecule has 0 unspecified atom stereocenters. The minimum atomic E-state index is 0.485. The van der Waals surface area contributed by atoms with Crippen molar-refractivity contribution in [2.24, 2.45) is 5.73 Å². The molecular formula is C15H14N2OS. The second-order valence-electron chi connectivity index (χ2n) is 4.19. The highest BCUT2D eigenvalue weighted by molar-refractivity contribution is 7.09. The summed E-state index contributed by atoms with van der Waals surface area (Å²) >= 11 is 1.60. The molecule has 4 heteroatoms. The first-order valence-corrected chi connectivity index (χ1v) is 6.92. The fourth-order valence-electron chi connectivity index (χ4n) is 2.20. The molecule has 0 saturated carbocycles. The number of methoxy groups -OCH3 is 1. The summed E-state index contributed by atoms with van der Waals surface area (Å²) in [5.74, 6) is 0.883. The van der Waals surface area contributed by atoms with Gasteiger partial charge in [-0.05, 0) is 17.5 Å². The van der Waals surface area contributed by atoms with E-state index in [4.69, 9.17) is 10.5 Å². The van der Waals surface area contributed by atoms with Gasteiger partial charge in [-0.25, -0.2) is 4.98 Å². The largest absolute Gasteiger partial charge is 0.496 e. The highest BCUT2D eigenvalue weighted by Gasteiger charge is 2.10. The van der Waals surface area contributed by atoms with Crippen molar-refractivity contribution in [3.63, 3.8) is 0 Å². The van der Waals surface area contributed by atoms with Crippen LogP contribution in [0.15, 0.2) is 41.8 Å². The minimum Gasteiger partial charge on any atom is -0.496 e. The summed E-state index contributed by atoms with van der Waals surface area (Å²) in [6.45, 7) is 0.485. The van der Waals surface area contributed by atoms with Crippen molar-refractivity contribution in [2.45, 2.75) is 6.54 Å². The Kier molecular flexibility index (Phi) is 3.19. The third-order valence-electron chi connectivity index (χ3n) is 3.11. The Bertz CT molecular complexity index is 721. The average molecular weight is 270 g/mol. The van der Waals surface area contributed by atoms with E-state index in [-0.39, 0.29) is 0 Å². The van der Waals surface area contributed by atoms with Gasteiger partial charge in [0.25, 0.3) is 0 Å². The lowest BCUT2D eigenvalue weighted by Gasteiger charge is -2.08. The van der Waals surface area contributed by atoms with Gasteiger partial charge in [-0.3, -0.25) is 0 Å². The second-order valence-corrected chi connectivity index (χ2v) is 5.13. The molecule has 0 spiro atoms. The minimum absolute atomic E-state index is 0.485. The van der Waals surface area contributed by atoms with Crippen LogP contribution >= 0.6 is 11.3 Å².